The number of carbonyl (C=O) groups is 1. The standard InChI is InChI=1S/C37H22Cl2FNO7/c1-16-7-2-3-9-18(16)27-32(42)21(17-8-6-12-41-15-17)13-22-25(29-28(37(46)47)24(38)14-23(30(29)39)36(44)45)26-19-10-4-5-11-20(19)33(43)31(40)35(26)48-34(22)27/h2-15,37,42,46-47H,1H3,(H,44,45). The van der Waals surface area contributed by atoms with E-state index in [0.29, 0.717) is 16.7 Å². The number of phenolic OH excluding ortho intramolecular Hbond substituents is 1. The fourth-order valence-electron chi connectivity index (χ4n) is 6.28. The Morgan fingerprint density at radius 3 is 2.25 bits per heavy atom. The highest BCUT2D eigenvalue weighted by Crippen LogP contribution is 2.54. The van der Waals surface area contributed by atoms with E-state index in [1.165, 1.54) is 18.3 Å². The molecule has 0 atom stereocenters. The zero-order valence-electron chi connectivity index (χ0n) is 24.8. The van der Waals surface area contributed by atoms with Crippen molar-refractivity contribution in [2.75, 3.05) is 0 Å². The highest BCUT2D eigenvalue weighted by Gasteiger charge is 2.34. The topological polar surface area (TPSA) is 141 Å². The maximum absolute atomic E-state index is 16.3. The summed E-state index contributed by atoms with van der Waals surface area (Å²) in [6.45, 7) is 1.80. The van der Waals surface area contributed by atoms with E-state index in [-0.39, 0.29) is 65.9 Å². The fourth-order valence-corrected chi connectivity index (χ4v) is 6.91. The van der Waals surface area contributed by atoms with Gasteiger partial charge in [-0.15, -0.1) is 0 Å². The first-order chi connectivity index (χ1) is 23.0. The third-order valence-corrected chi connectivity index (χ3v) is 9.13. The van der Waals surface area contributed by atoms with Gasteiger partial charge in [-0.05, 0) is 41.6 Å². The van der Waals surface area contributed by atoms with E-state index in [2.05, 4.69) is 4.98 Å². The molecule has 238 valence electrons. The van der Waals surface area contributed by atoms with Crippen molar-refractivity contribution in [3.63, 3.8) is 0 Å². The molecular weight excluding hydrogens is 660 g/mol. The minimum absolute atomic E-state index is 0.0144. The average molecular weight is 682 g/mol. The molecule has 1 aliphatic carbocycles. The van der Waals surface area contributed by atoms with Crippen molar-refractivity contribution in [2.24, 2.45) is 0 Å². The lowest BCUT2D eigenvalue weighted by Gasteiger charge is -2.25. The second kappa shape index (κ2) is 11.7. The number of aryl methyl sites for hydroxylation is 1. The Balaban J connectivity index is 1.87. The molecule has 1 aliphatic heterocycles. The molecular formula is C37H22Cl2FNO7. The van der Waals surface area contributed by atoms with Crippen LogP contribution >= 0.6 is 23.2 Å². The molecule has 0 spiro atoms. The maximum atomic E-state index is 16.3. The number of benzene rings is 5. The van der Waals surface area contributed by atoms with Gasteiger partial charge >= 0.3 is 5.97 Å². The molecule has 2 aliphatic rings. The second-order valence-electron chi connectivity index (χ2n) is 11.1. The van der Waals surface area contributed by atoms with Gasteiger partial charge < -0.3 is 24.8 Å². The molecule has 8 nitrogen and oxygen atoms in total. The number of pyridine rings is 1. The number of phenols is 1. The molecule has 4 N–H and O–H groups in total. The Morgan fingerprint density at radius 1 is 0.875 bits per heavy atom. The Labute approximate surface area is 280 Å². The predicted octanol–water partition coefficient (Wildman–Crippen LogP) is 8.59. The summed E-state index contributed by atoms with van der Waals surface area (Å²) in [5, 5.41) is 43.0. The lowest BCUT2D eigenvalue weighted by molar-refractivity contribution is -0.0419. The number of halogens is 3. The molecule has 0 saturated heterocycles. The van der Waals surface area contributed by atoms with Crippen molar-refractivity contribution in [1.29, 1.82) is 0 Å². The Morgan fingerprint density at radius 2 is 1.58 bits per heavy atom. The molecule has 7 rings (SSSR count). The van der Waals surface area contributed by atoms with Crippen molar-refractivity contribution < 1.29 is 34.0 Å². The molecule has 0 saturated carbocycles. The van der Waals surface area contributed by atoms with Gasteiger partial charge in [0, 0.05) is 56.5 Å². The van der Waals surface area contributed by atoms with Crippen LogP contribution in [0.1, 0.15) is 27.8 Å². The molecule has 0 unspecified atom stereocenters. The first kappa shape index (κ1) is 31.3. The molecule has 0 fully saturated rings. The largest absolute Gasteiger partial charge is 0.507 e. The van der Waals surface area contributed by atoms with Crippen molar-refractivity contribution in [2.45, 2.75) is 13.2 Å². The number of carboxylic acids is 1. The number of nitrogens with zero attached hydrogens (tertiary/aromatic N) is 1. The van der Waals surface area contributed by atoms with Crippen molar-refractivity contribution in [1.82, 2.24) is 4.98 Å². The van der Waals surface area contributed by atoms with Gasteiger partial charge in [0.25, 0.3) is 0 Å². The van der Waals surface area contributed by atoms with Gasteiger partial charge in [0.1, 0.15) is 11.3 Å². The number of aromatic hydroxyl groups is 1. The summed E-state index contributed by atoms with van der Waals surface area (Å²) in [7, 11) is 0. The Kier molecular flexibility index (Phi) is 7.65. The van der Waals surface area contributed by atoms with Crippen LogP contribution in [0, 0.1) is 12.7 Å². The third kappa shape index (κ3) is 4.70. The van der Waals surface area contributed by atoms with Crippen molar-refractivity contribution in [3.8, 4) is 50.5 Å². The van der Waals surface area contributed by atoms with E-state index in [0.717, 1.165) is 6.07 Å². The SMILES string of the molecule is Cc1ccccc1-c1c(O)c(-c2cccnc2)cc2c(-c3c(Cl)c(C(=O)O)cc(Cl)c3C(O)O)c3c4ccccc4c(=O)c(F)c-3oc12. The summed E-state index contributed by atoms with van der Waals surface area (Å²) in [4.78, 5) is 30.0. The number of rotatable bonds is 5. The van der Waals surface area contributed by atoms with Gasteiger partial charge in [0.05, 0.1) is 21.2 Å². The molecule has 0 bridgehead atoms. The first-order valence-electron chi connectivity index (χ1n) is 14.5. The average Bonchev–Trinajstić information content (AvgIpc) is 3.07. The van der Waals surface area contributed by atoms with Crippen LogP contribution in [0.2, 0.25) is 10.0 Å². The molecule has 5 aromatic rings. The lowest BCUT2D eigenvalue weighted by Crippen LogP contribution is -2.12. The predicted molar refractivity (Wildman–Crippen MR) is 181 cm³/mol. The number of carboxylic acid groups (broad SMARTS) is 1. The number of aliphatic hydroxyl groups is 2. The monoisotopic (exact) mass is 681 g/mol. The van der Waals surface area contributed by atoms with Crippen LogP contribution in [0.25, 0.3) is 66.4 Å². The number of hydrogen-bond acceptors (Lipinski definition) is 7. The van der Waals surface area contributed by atoms with Gasteiger partial charge in [-0.3, -0.25) is 9.78 Å². The van der Waals surface area contributed by atoms with Gasteiger partial charge in [0.2, 0.25) is 11.2 Å². The fraction of sp³-hybridized carbons (Fsp3) is 0.0541. The molecule has 2 heterocycles. The molecule has 0 radical (unpaired) electrons. The van der Waals surface area contributed by atoms with Crippen molar-refractivity contribution >= 4 is 50.9 Å². The summed E-state index contributed by atoms with van der Waals surface area (Å²) in [5.74, 6) is -3.52. The zero-order valence-corrected chi connectivity index (χ0v) is 26.3. The van der Waals surface area contributed by atoms with E-state index >= 15 is 4.39 Å². The van der Waals surface area contributed by atoms with Gasteiger partial charge in [-0.1, -0.05) is 77.8 Å². The van der Waals surface area contributed by atoms with E-state index < -0.39 is 39.9 Å². The van der Waals surface area contributed by atoms with E-state index in [4.69, 9.17) is 27.6 Å². The van der Waals surface area contributed by atoms with Crippen LogP contribution in [-0.4, -0.2) is 31.4 Å². The molecule has 4 aromatic carbocycles. The summed E-state index contributed by atoms with van der Waals surface area (Å²) in [5.41, 5.74) is -0.124. The van der Waals surface area contributed by atoms with Crippen LogP contribution in [0.3, 0.4) is 0 Å². The number of aliphatic hydroxyl groups excluding tert-OH is 1. The lowest BCUT2D eigenvalue weighted by atomic mass is 9.84. The molecule has 0 amide bonds. The van der Waals surface area contributed by atoms with Gasteiger partial charge in [-0.2, -0.15) is 4.39 Å². The molecule has 11 heteroatoms. The number of aromatic nitrogens is 1. The van der Waals surface area contributed by atoms with Crippen LogP contribution in [0.4, 0.5) is 4.39 Å². The normalized spacial score (nSPS) is 11.6. The number of hydrogen-bond donors (Lipinski definition) is 4. The Hall–Kier alpha value is -5.32. The first-order valence-corrected chi connectivity index (χ1v) is 15.2. The van der Waals surface area contributed by atoms with E-state index in [9.17, 15) is 30.0 Å². The van der Waals surface area contributed by atoms with Crippen LogP contribution < -0.4 is 5.43 Å². The minimum atomic E-state index is -2.28. The number of fused-ring (bicyclic) bond motifs is 4. The van der Waals surface area contributed by atoms with Crippen LogP contribution in [-0.2, 0) is 0 Å². The summed E-state index contributed by atoms with van der Waals surface area (Å²) in [6.07, 6.45) is 0.800. The molecule has 48 heavy (non-hydrogen) atoms. The minimum Gasteiger partial charge on any atom is -0.507 e. The third-order valence-electron chi connectivity index (χ3n) is 8.42. The summed E-state index contributed by atoms with van der Waals surface area (Å²) in [6, 6.07) is 19.1. The molecule has 1 aromatic heterocycles. The second-order valence-corrected chi connectivity index (χ2v) is 11.9. The Bertz CT molecular complexity index is 2500. The van der Waals surface area contributed by atoms with Gasteiger partial charge in [-0.25, -0.2) is 4.79 Å². The highest BCUT2D eigenvalue weighted by atomic mass is 35.5. The van der Waals surface area contributed by atoms with Gasteiger partial charge in [0.15, 0.2) is 12.1 Å². The van der Waals surface area contributed by atoms with Crippen LogP contribution in [0.5, 0.6) is 5.75 Å². The number of aromatic carboxylic acids is 1. The maximum Gasteiger partial charge on any atom is 0.337 e. The quantitative estimate of drug-likeness (QED) is 0.0804. The summed E-state index contributed by atoms with van der Waals surface area (Å²) >= 11 is 13.4. The summed E-state index contributed by atoms with van der Waals surface area (Å²) < 4.78 is 22.6. The van der Waals surface area contributed by atoms with Crippen LogP contribution in [0.15, 0.2) is 94.4 Å². The highest BCUT2D eigenvalue weighted by molar-refractivity contribution is 6.40. The van der Waals surface area contributed by atoms with E-state index in [1.54, 1.807) is 67.7 Å². The van der Waals surface area contributed by atoms with E-state index in [1.807, 2.05) is 0 Å². The zero-order chi connectivity index (χ0) is 34.0. The smallest absolute Gasteiger partial charge is 0.337 e. The van der Waals surface area contributed by atoms with Crippen molar-refractivity contribution in [3.05, 3.63) is 128 Å².